The zero-order valence-corrected chi connectivity index (χ0v) is 13.4. The number of aliphatic carboxylic acids is 1. The van der Waals surface area contributed by atoms with Gasteiger partial charge in [-0.1, -0.05) is 6.07 Å². The van der Waals surface area contributed by atoms with Crippen molar-refractivity contribution in [3.8, 4) is 0 Å². The van der Waals surface area contributed by atoms with Gasteiger partial charge in [0.25, 0.3) is 5.91 Å². The zero-order valence-electron chi connectivity index (χ0n) is 12.6. The molecule has 3 heterocycles. The second-order valence-electron chi connectivity index (χ2n) is 5.47. The molecule has 0 unspecified atom stereocenters. The van der Waals surface area contributed by atoms with E-state index in [0.29, 0.717) is 18.7 Å². The predicted molar refractivity (Wildman–Crippen MR) is 85.4 cm³/mol. The van der Waals surface area contributed by atoms with Crippen LogP contribution in [0.1, 0.15) is 15.2 Å². The van der Waals surface area contributed by atoms with E-state index in [2.05, 4.69) is 27.5 Å². The van der Waals surface area contributed by atoms with Crippen LogP contribution in [0.2, 0.25) is 0 Å². The summed E-state index contributed by atoms with van der Waals surface area (Å²) in [6.07, 6.45) is 2.93. The molecule has 0 spiro atoms. The number of thiophene rings is 1. The van der Waals surface area contributed by atoms with Crippen molar-refractivity contribution < 1.29 is 14.7 Å². The number of carbonyl (C=O) groups excluding carboxylic acids is 1. The van der Waals surface area contributed by atoms with E-state index in [0.717, 1.165) is 19.6 Å². The molecule has 2 aromatic heterocycles. The molecule has 0 aliphatic carbocycles. The summed E-state index contributed by atoms with van der Waals surface area (Å²) in [4.78, 5) is 28.6. The molecule has 1 saturated heterocycles. The third-order valence-electron chi connectivity index (χ3n) is 3.80. The highest BCUT2D eigenvalue weighted by atomic mass is 32.1. The van der Waals surface area contributed by atoms with Gasteiger partial charge in [-0.25, -0.2) is 0 Å². The average molecular weight is 334 g/mol. The summed E-state index contributed by atoms with van der Waals surface area (Å²) in [6, 6.07) is 4.17. The number of amides is 1. The molecule has 3 rings (SSSR count). The second kappa shape index (κ2) is 6.93. The van der Waals surface area contributed by atoms with Gasteiger partial charge < -0.3 is 10.0 Å². The van der Waals surface area contributed by atoms with E-state index in [9.17, 15) is 9.59 Å². The van der Waals surface area contributed by atoms with Crippen LogP contribution < -0.4 is 0 Å². The quantitative estimate of drug-likeness (QED) is 0.882. The van der Waals surface area contributed by atoms with Crippen LogP contribution in [-0.2, 0) is 17.9 Å². The number of hydrogen-bond donors (Lipinski definition) is 1. The van der Waals surface area contributed by atoms with Gasteiger partial charge in [-0.2, -0.15) is 5.10 Å². The summed E-state index contributed by atoms with van der Waals surface area (Å²) >= 11 is 1.75. The van der Waals surface area contributed by atoms with Gasteiger partial charge in [0, 0.05) is 43.8 Å². The molecule has 1 aliphatic rings. The maximum Gasteiger partial charge on any atom is 0.325 e. The van der Waals surface area contributed by atoms with Crippen LogP contribution in [-0.4, -0.2) is 62.7 Å². The van der Waals surface area contributed by atoms with Crippen molar-refractivity contribution in [2.75, 3.05) is 26.2 Å². The highest BCUT2D eigenvalue weighted by Gasteiger charge is 2.23. The Hall–Kier alpha value is -2.19. The first-order valence-electron chi connectivity index (χ1n) is 7.40. The number of piperazine rings is 1. The lowest BCUT2D eigenvalue weighted by atomic mass is 10.2. The molecule has 1 amide bonds. The lowest BCUT2D eigenvalue weighted by molar-refractivity contribution is -0.137. The Morgan fingerprint density at radius 2 is 2.04 bits per heavy atom. The fourth-order valence-electron chi connectivity index (χ4n) is 2.61. The van der Waals surface area contributed by atoms with Crippen LogP contribution in [0.4, 0.5) is 0 Å². The van der Waals surface area contributed by atoms with E-state index in [1.54, 1.807) is 16.2 Å². The lowest BCUT2D eigenvalue weighted by Gasteiger charge is -2.34. The minimum atomic E-state index is -0.978. The number of carboxylic acid groups (broad SMARTS) is 1. The molecule has 0 radical (unpaired) electrons. The first-order chi connectivity index (χ1) is 11.1. The molecule has 2 aromatic rings. The topological polar surface area (TPSA) is 78.7 Å². The first kappa shape index (κ1) is 15.7. The molecular weight excluding hydrogens is 316 g/mol. The van der Waals surface area contributed by atoms with Gasteiger partial charge in [-0.3, -0.25) is 19.2 Å². The van der Waals surface area contributed by atoms with Gasteiger partial charge in [0.2, 0.25) is 0 Å². The maximum atomic E-state index is 12.4. The summed E-state index contributed by atoms with van der Waals surface area (Å²) in [5.74, 6) is -1.06. The second-order valence-corrected chi connectivity index (χ2v) is 6.50. The van der Waals surface area contributed by atoms with E-state index in [1.807, 2.05) is 0 Å². The summed E-state index contributed by atoms with van der Waals surface area (Å²) in [5, 5.41) is 14.7. The smallest absolute Gasteiger partial charge is 0.325 e. The Bertz CT molecular complexity index is 675. The molecule has 122 valence electrons. The van der Waals surface area contributed by atoms with Gasteiger partial charge >= 0.3 is 5.97 Å². The fraction of sp³-hybridized carbons (Fsp3) is 0.400. The Morgan fingerprint density at radius 3 is 2.70 bits per heavy atom. The van der Waals surface area contributed by atoms with Gasteiger partial charge in [-0.05, 0) is 11.4 Å². The van der Waals surface area contributed by atoms with Crippen LogP contribution in [0.25, 0.3) is 0 Å². The normalized spacial score (nSPS) is 15.7. The largest absolute Gasteiger partial charge is 0.480 e. The standard InChI is InChI=1S/C15H18N4O3S/c20-14(21)11-19-9-12(8-16-19)15(22)18-5-3-17(4-6-18)10-13-2-1-7-23-13/h1-2,7-9H,3-6,10-11H2,(H,20,21). The summed E-state index contributed by atoms with van der Waals surface area (Å²) < 4.78 is 1.27. The molecule has 1 fully saturated rings. The van der Waals surface area contributed by atoms with Gasteiger partial charge in [-0.15, -0.1) is 11.3 Å². The van der Waals surface area contributed by atoms with Crippen LogP contribution >= 0.6 is 11.3 Å². The molecule has 1 aliphatic heterocycles. The van der Waals surface area contributed by atoms with Crippen molar-refractivity contribution in [3.05, 3.63) is 40.3 Å². The highest BCUT2D eigenvalue weighted by Crippen LogP contribution is 2.14. The molecule has 0 saturated carbocycles. The number of rotatable bonds is 5. The van der Waals surface area contributed by atoms with Crippen LogP contribution in [0.5, 0.6) is 0 Å². The molecule has 1 N–H and O–H groups in total. The number of hydrogen-bond acceptors (Lipinski definition) is 5. The van der Waals surface area contributed by atoms with E-state index in [4.69, 9.17) is 5.11 Å². The van der Waals surface area contributed by atoms with Crippen LogP contribution in [0, 0.1) is 0 Å². The van der Waals surface area contributed by atoms with Crippen molar-refractivity contribution >= 4 is 23.2 Å². The Balaban J connectivity index is 1.53. The van der Waals surface area contributed by atoms with E-state index < -0.39 is 5.97 Å². The van der Waals surface area contributed by atoms with E-state index >= 15 is 0 Å². The summed E-state index contributed by atoms with van der Waals surface area (Å²) in [5.41, 5.74) is 0.443. The summed E-state index contributed by atoms with van der Waals surface area (Å²) in [7, 11) is 0. The zero-order chi connectivity index (χ0) is 16.2. The Morgan fingerprint density at radius 1 is 1.26 bits per heavy atom. The van der Waals surface area contributed by atoms with Crippen LogP contribution in [0.3, 0.4) is 0 Å². The third-order valence-corrected chi connectivity index (χ3v) is 4.66. The fourth-order valence-corrected chi connectivity index (χ4v) is 3.36. The summed E-state index contributed by atoms with van der Waals surface area (Å²) in [6.45, 7) is 3.72. The van der Waals surface area contributed by atoms with Gasteiger partial charge in [0.05, 0.1) is 11.8 Å². The Labute approximate surface area is 137 Å². The number of carboxylic acids is 1. The first-order valence-corrected chi connectivity index (χ1v) is 8.28. The maximum absolute atomic E-state index is 12.4. The average Bonchev–Trinajstić information content (AvgIpc) is 3.19. The molecule has 0 aromatic carbocycles. The van der Waals surface area contributed by atoms with Crippen molar-refractivity contribution in [1.82, 2.24) is 19.6 Å². The molecule has 7 nitrogen and oxygen atoms in total. The van der Waals surface area contributed by atoms with Crippen molar-refractivity contribution in [1.29, 1.82) is 0 Å². The lowest BCUT2D eigenvalue weighted by Crippen LogP contribution is -2.48. The number of carbonyl (C=O) groups is 2. The molecule has 23 heavy (non-hydrogen) atoms. The third kappa shape index (κ3) is 3.96. The van der Waals surface area contributed by atoms with E-state index in [1.165, 1.54) is 22.0 Å². The van der Waals surface area contributed by atoms with Gasteiger partial charge in [0.15, 0.2) is 0 Å². The molecule has 0 atom stereocenters. The minimum Gasteiger partial charge on any atom is -0.480 e. The molecule has 8 heteroatoms. The van der Waals surface area contributed by atoms with E-state index in [-0.39, 0.29) is 12.5 Å². The van der Waals surface area contributed by atoms with Crippen molar-refractivity contribution in [2.24, 2.45) is 0 Å². The highest BCUT2D eigenvalue weighted by molar-refractivity contribution is 7.09. The minimum absolute atomic E-state index is 0.0857. The Kier molecular flexibility index (Phi) is 4.73. The van der Waals surface area contributed by atoms with Crippen LogP contribution in [0.15, 0.2) is 29.9 Å². The number of aromatic nitrogens is 2. The number of nitrogens with zero attached hydrogens (tertiary/aromatic N) is 4. The SMILES string of the molecule is O=C(O)Cn1cc(C(=O)N2CCN(Cc3cccs3)CC2)cn1. The van der Waals surface area contributed by atoms with Gasteiger partial charge in [0.1, 0.15) is 6.54 Å². The predicted octanol–water partition coefficient (Wildman–Crippen LogP) is 0.987. The molecular formula is C15H18N4O3S. The van der Waals surface area contributed by atoms with Crippen molar-refractivity contribution in [3.63, 3.8) is 0 Å². The molecule has 0 bridgehead atoms. The monoisotopic (exact) mass is 334 g/mol. The van der Waals surface area contributed by atoms with Crippen molar-refractivity contribution in [2.45, 2.75) is 13.1 Å².